The van der Waals surface area contributed by atoms with Gasteiger partial charge in [0.25, 0.3) is 0 Å². The summed E-state index contributed by atoms with van der Waals surface area (Å²) in [5.41, 5.74) is 0. The molecule has 0 spiro atoms. The molecule has 1 saturated carbocycles. The lowest BCUT2D eigenvalue weighted by Gasteiger charge is -2.23. The minimum atomic E-state index is -0.0666. The summed E-state index contributed by atoms with van der Waals surface area (Å²) >= 11 is 0. The molecule has 13 heavy (non-hydrogen) atoms. The largest absolute Gasteiger partial charge is 0.391 e. The van der Waals surface area contributed by atoms with Crippen molar-refractivity contribution in [3.05, 3.63) is 0 Å². The first-order valence-electron chi connectivity index (χ1n) is 5.76. The number of hydrogen-bond donors (Lipinski definition) is 2. The van der Waals surface area contributed by atoms with Gasteiger partial charge in [0, 0.05) is 19.0 Å². The van der Waals surface area contributed by atoms with E-state index in [2.05, 4.69) is 5.32 Å². The molecule has 0 aromatic rings. The number of nitrogens with one attached hydrogen (secondary N) is 1. The zero-order valence-corrected chi connectivity index (χ0v) is 8.34. The van der Waals surface area contributed by atoms with E-state index in [1.165, 1.54) is 38.5 Å². The van der Waals surface area contributed by atoms with Crippen LogP contribution in [0, 0.1) is 11.8 Å². The SMILES string of the molecule is O[C@@H]1CNC[C@H]1C1CCCCCC1. The topological polar surface area (TPSA) is 32.3 Å². The lowest BCUT2D eigenvalue weighted by Crippen LogP contribution is -2.26. The maximum Gasteiger partial charge on any atom is 0.0707 e. The molecule has 0 aromatic heterocycles. The summed E-state index contributed by atoms with van der Waals surface area (Å²) in [4.78, 5) is 0. The van der Waals surface area contributed by atoms with Gasteiger partial charge >= 0.3 is 0 Å². The third-order valence-corrected chi connectivity index (χ3v) is 3.73. The molecular weight excluding hydrogens is 162 g/mol. The minimum absolute atomic E-state index is 0.0666. The molecule has 2 N–H and O–H groups in total. The molecule has 0 radical (unpaired) electrons. The molecule has 2 aliphatic rings. The first kappa shape index (κ1) is 9.47. The van der Waals surface area contributed by atoms with E-state index in [4.69, 9.17) is 0 Å². The van der Waals surface area contributed by atoms with Gasteiger partial charge in [0.05, 0.1) is 6.10 Å². The quantitative estimate of drug-likeness (QED) is 0.604. The van der Waals surface area contributed by atoms with Crippen LogP contribution in [0.1, 0.15) is 38.5 Å². The molecule has 0 unspecified atom stereocenters. The van der Waals surface area contributed by atoms with E-state index in [-0.39, 0.29) is 6.10 Å². The average molecular weight is 183 g/mol. The zero-order chi connectivity index (χ0) is 9.10. The van der Waals surface area contributed by atoms with E-state index in [0.29, 0.717) is 5.92 Å². The second-order valence-corrected chi connectivity index (χ2v) is 4.64. The van der Waals surface area contributed by atoms with Crippen LogP contribution in [0.5, 0.6) is 0 Å². The van der Waals surface area contributed by atoms with Gasteiger partial charge in [-0.2, -0.15) is 0 Å². The summed E-state index contributed by atoms with van der Waals surface area (Å²) in [5.74, 6) is 1.35. The van der Waals surface area contributed by atoms with Gasteiger partial charge in [-0.1, -0.05) is 38.5 Å². The van der Waals surface area contributed by atoms with Crippen molar-refractivity contribution < 1.29 is 5.11 Å². The lowest BCUT2D eigenvalue weighted by molar-refractivity contribution is 0.107. The Kier molecular flexibility index (Phi) is 3.23. The molecule has 0 aromatic carbocycles. The molecule has 76 valence electrons. The van der Waals surface area contributed by atoms with Crippen molar-refractivity contribution in [2.75, 3.05) is 13.1 Å². The fraction of sp³-hybridized carbons (Fsp3) is 1.00. The first-order chi connectivity index (χ1) is 6.38. The number of aliphatic hydroxyl groups excluding tert-OH is 1. The van der Waals surface area contributed by atoms with Crippen LogP contribution in [-0.4, -0.2) is 24.3 Å². The minimum Gasteiger partial charge on any atom is -0.391 e. The summed E-state index contributed by atoms with van der Waals surface area (Å²) in [7, 11) is 0. The number of hydrogen-bond acceptors (Lipinski definition) is 2. The standard InChI is InChI=1S/C11H21NO/c13-11-8-12-7-10(11)9-5-3-1-2-4-6-9/h9-13H,1-8H2/t10-,11+/m0/s1. The predicted molar refractivity (Wildman–Crippen MR) is 53.6 cm³/mol. The maximum absolute atomic E-state index is 9.77. The monoisotopic (exact) mass is 183 g/mol. The highest BCUT2D eigenvalue weighted by Crippen LogP contribution is 2.31. The van der Waals surface area contributed by atoms with Gasteiger partial charge < -0.3 is 10.4 Å². The van der Waals surface area contributed by atoms with Gasteiger partial charge in [-0.3, -0.25) is 0 Å². The molecule has 1 aliphatic heterocycles. The van der Waals surface area contributed by atoms with Gasteiger partial charge in [0.2, 0.25) is 0 Å². The summed E-state index contributed by atoms with van der Waals surface area (Å²) in [6.07, 6.45) is 8.22. The van der Waals surface area contributed by atoms with Crippen LogP contribution < -0.4 is 5.32 Å². The third kappa shape index (κ3) is 2.23. The van der Waals surface area contributed by atoms with Crippen molar-refractivity contribution >= 4 is 0 Å². The summed E-state index contributed by atoms with van der Waals surface area (Å²) in [6.45, 7) is 1.87. The highest BCUT2D eigenvalue weighted by atomic mass is 16.3. The molecule has 1 aliphatic carbocycles. The summed E-state index contributed by atoms with van der Waals surface area (Å²) < 4.78 is 0. The lowest BCUT2D eigenvalue weighted by atomic mass is 9.84. The molecule has 2 nitrogen and oxygen atoms in total. The molecule has 0 bridgehead atoms. The highest BCUT2D eigenvalue weighted by molar-refractivity contribution is 4.86. The number of β-amino-alcohol motifs (C(OH)–C–C–N with tert-alkyl or cyclic N) is 1. The van der Waals surface area contributed by atoms with E-state index in [9.17, 15) is 5.11 Å². The molecular formula is C11H21NO. The van der Waals surface area contributed by atoms with Gasteiger partial charge in [0.15, 0.2) is 0 Å². The van der Waals surface area contributed by atoms with Crippen molar-refractivity contribution in [1.29, 1.82) is 0 Å². The van der Waals surface area contributed by atoms with Crippen molar-refractivity contribution in [1.82, 2.24) is 5.32 Å². The van der Waals surface area contributed by atoms with Crippen molar-refractivity contribution in [2.45, 2.75) is 44.6 Å². The summed E-state index contributed by atoms with van der Waals surface area (Å²) in [5, 5.41) is 13.1. The Hall–Kier alpha value is -0.0800. The Morgan fingerprint density at radius 1 is 0.923 bits per heavy atom. The van der Waals surface area contributed by atoms with Gasteiger partial charge in [-0.15, -0.1) is 0 Å². The highest BCUT2D eigenvalue weighted by Gasteiger charge is 2.32. The van der Waals surface area contributed by atoms with E-state index in [0.717, 1.165) is 19.0 Å². The van der Waals surface area contributed by atoms with Crippen molar-refractivity contribution in [3.63, 3.8) is 0 Å². The Labute approximate surface area is 80.7 Å². The third-order valence-electron chi connectivity index (χ3n) is 3.73. The number of aliphatic hydroxyl groups is 1. The van der Waals surface area contributed by atoms with E-state index in [1.54, 1.807) is 0 Å². The molecule has 2 atom stereocenters. The van der Waals surface area contributed by atoms with Crippen molar-refractivity contribution in [3.8, 4) is 0 Å². The smallest absolute Gasteiger partial charge is 0.0707 e. The molecule has 2 heteroatoms. The van der Waals surface area contributed by atoms with Gasteiger partial charge in [0.1, 0.15) is 0 Å². The summed E-state index contributed by atoms with van der Waals surface area (Å²) in [6, 6.07) is 0. The van der Waals surface area contributed by atoms with Crippen LogP contribution in [-0.2, 0) is 0 Å². The predicted octanol–water partition coefficient (Wildman–Crippen LogP) is 1.54. The van der Waals surface area contributed by atoms with Crippen LogP contribution in [0.4, 0.5) is 0 Å². The van der Waals surface area contributed by atoms with E-state index < -0.39 is 0 Å². The van der Waals surface area contributed by atoms with Crippen LogP contribution in [0.15, 0.2) is 0 Å². The van der Waals surface area contributed by atoms with Gasteiger partial charge in [-0.05, 0) is 5.92 Å². The van der Waals surface area contributed by atoms with Crippen LogP contribution in [0.2, 0.25) is 0 Å². The van der Waals surface area contributed by atoms with E-state index in [1.807, 2.05) is 0 Å². The molecule has 0 amide bonds. The van der Waals surface area contributed by atoms with Crippen LogP contribution in [0.3, 0.4) is 0 Å². The first-order valence-corrected chi connectivity index (χ1v) is 5.76. The molecule has 2 rings (SSSR count). The molecule has 2 fully saturated rings. The zero-order valence-electron chi connectivity index (χ0n) is 8.34. The maximum atomic E-state index is 9.77. The second kappa shape index (κ2) is 4.43. The molecule has 1 saturated heterocycles. The van der Waals surface area contributed by atoms with Gasteiger partial charge in [-0.25, -0.2) is 0 Å². The van der Waals surface area contributed by atoms with Crippen LogP contribution in [0.25, 0.3) is 0 Å². The number of rotatable bonds is 1. The Balaban J connectivity index is 1.89. The van der Waals surface area contributed by atoms with E-state index >= 15 is 0 Å². The molecule has 1 heterocycles. The fourth-order valence-corrected chi connectivity index (χ4v) is 2.91. The van der Waals surface area contributed by atoms with Crippen molar-refractivity contribution in [2.24, 2.45) is 11.8 Å². The normalized spacial score (nSPS) is 37.6. The van der Waals surface area contributed by atoms with Crippen LogP contribution >= 0.6 is 0 Å². The Morgan fingerprint density at radius 3 is 2.15 bits per heavy atom. The average Bonchev–Trinajstić information content (AvgIpc) is 2.43. The Bertz CT molecular complexity index is 152. The fourth-order valence-electron chi connectivity index (χ4n) is 2.91. The second-order valence-electron chi connectivity index (χ2n) is 4.64. The Morgan fingerprint density at radius 2 is 1.62 bits per heavy atom.